The summed E-state index contributed by atoms with van der Waals surface area (Å²) >= 11 is 0. The van der Waals surface area contributed by atoms with E-state index in [-0.39, 0.29) is 34.4 Å². The molecule has 6 aromatic rings. The Hall–Kier alpha value is -5.15. The summed E-state index contributed by atoms with van der Waals surface area (Å²) in [6, 6.07) is 58.7. The van der Waals surface area contributed by atoms with Crippen LogP contribution >= 0.6 is 0 Å². The van der Waals surface area contributed by atoms with Crippen LogP contribution in [0.5, 0.6) is 0 Å². The summed E-state index contributed by atoms with van der Waals surface area (Å²) in [6.45, 7) is 0. The molecule has 4 heteroatoms. The monoisotopic (exact) mass is 758 g/mol. The minimum Gasteiger partial charge on any atom is -0.299 e. The predicted molar refractivity (Wildman–Crippen MR) is 220 cm³/mol. The van der Waals surface area contributed by atoms with Crippen LogP contribution in [-0.2, 0) is 31.5 Å². The van der Waals surface area contributed by atoms with Gasteiger partial charge in [-0.25, -0.2) is 0 Å². The fourth-order valence-electron chi connectivity index (χ4n) is 4.62. The van der Waals surface area contributed by atoms with Crippen molar-refractivity contribution in [2.75, 3.05) is 0 Å². The first-order valence-electron chi connectivity index (χ1n) is 17.5. The first kappa shape index (κ1) is 44.2. The molecule has 0 aromatic heterocycles. The average Bonchev–Trinajstić information content (AvgIpc) is 3.24. The molecular weight excluding hydrogens is 716 g/mol. The number of carbonyl (C=O) groups excluding carboxylic acids is 3. The van der Waals surface area contributed by atoms with Crippen molar-refractivity contribution in [2.45, 2.75) is 0 Å². The largest absolute Gasteiger partial charge is 0.299 e. The van der Waals surface area contributed by atoms with Crippen molar-refractivity contribution in [3.05, 3.63) is 292 Å². The van der Waals surface area contributed by atoms with Crippen LogP contribution in [-0.4, -0.2) is 17.3 Å². The summed E-state index contributed by atoms with van der Waals surface area (Å²) in [7, 11) is 0. The summed E-state index contributed by atoms with van der Waals surface area (Å²) in [6.07, 6.45) is 20.4. The van der Waals surface area contributed by atoms with E-state index in [2.05, 4.69) is 0 Å². The molecule has 272 valence electrons. The molecular formula is C51H42FeO3. The smallest absolute Gasteiger partial charge is 0.141 e. The van der Waals surface area contributed by atoms with Crippen LogP contribution in [0.2, 0.25) is 0 Å². The Morgan fingerprint density at radius 1 is 0.236 bits per heavy atom. The van der Waals surface area contributed by atoms with E-state index in [9.17, 15) is 14.4 Å². The molecule has 0 aliphatic carbocycles. The number of hydrogen-bond acceptors (Lipinski definition) is 3. The minimum atomic E-state index is -0.0114. The van der Waals surface area contributed by atoms with Crippen LogP contribution in [0.15, 0.2) is 182 Å². The van der Waals surface area contributed by atoms with Crippen LogP contribution in [0.3, 0.4) is 0 Å². The van der Waals surface area contributed by atoms with Crippen LogP contribution in [0, 0.1) is 77.0 Å². The molecule has 0 spiro atoms. The maximum absolute atomic E-state index is 11.6. The number of hydrogen-bond donors (Lipinski definition) is 0. The van der Waals surface area contributed by atoms with Gasteiger partial charge in [-0.2, -0.15) is 0 Å². The number of rotatable bonds is 18. The number of carbonyl (C=O) groups is 3. The molecule has 6 aromatic carbocycles. The molecule has 0 aliphatic rings. The Bertz CT molecular complexity index is 1520. The predicted octanol–water partition coefficient (Wildman–Crippen LogP) is 10.4. The van der Waals surface area contributed by atoms with Gasteiger partial charge in [0.1, 0.15) is 17.3 Å². The Kier molecular flexibility index (Phi) is 22.1. The average molecular weight is 759 g/mol. The van der Waals surface area contributed by atoms with Gasteiger partial charge in [-0.3, -0.25) is 14.4 Å². The molecule has 12 radical (unpaired) electrons. The molecule has 0 saturated heterocycles. The molecule has 0 heterocycles. The molecule has 0 atom stereocenters. The number of Topliss-reactive ketones (excluding diaryl/α,β-unsaturated/α-hetero) is 3. The third kappa shape index (κ3) is 20.2. The third-order valence-corrected chi connectivity index (χ3v) is 7.44. The Balaban J connectivity index is 0.000000220. The molecule has 0 N–H and O–H groups in total. The van der Waals surface area contributed by atoms with Gasteiger partial charge in [-0.05, 0) is 33.4 Å². The van der Waals surface area contributed by atoms with Gasteiger partial charge in [0.25, 0.3) is 0 Å². The SMILES string of the molecule is O=C([CH][CH]c1ccccc1)[CH][CH]c1ccccc1.O=C([CH][CH]c1ccccc1)[CH][CH]c1ccccc1.O=C([CH][CH]c1ccccc1)[CH][CH]c1ccccc1.[Fe]. The van der Waals surface area contributed by atoms with E-state index in [4.69, 9.17) is 0 Å². The molecule has 0 saturated carbocycles. The standard InChI is InChI=1S/3C17H14O.Fe/c3*18-17(13-11-15-7-3-1-4-8-15)14-12-16-9-5-2-6-10-16;/h3*1-14H;. The molecule has 0 unspecified atom stereocenters. The van der Waals surface area contributed by atoms with Crippen LogP contribution in [0.25, 0.3) is 0 Å². The molecule has 3 nitrogen and oxygen atoms in total. The zero-order valence-corrected chi connectivity index (χ0v) is 31.4. The first-order chi connectivity index (χ1) is 26.5. The number of ketones is 3. The van der Waals surface area contributed by atoms with Gasteiger partial charge in [0.05, 0.1) is 0 Å². The van der Waals surface area contributed by atoms with Crippen molar-refractivity contribution in [3.63, 3.8) is 0 Å². The Morgan fingerprint density at radius 2 is 0.364 bits per heavy atom. The van der Waals surface area contributed by atoms with E-state index < -0.39 is 0 Å². The Labute approximate surface area is 339 Å². The van der Waals surface area contributed by atoms with Crippen LogP contribution in [0.4, 0.5) is 0 Å². The normalized spacial score (nSPS) is 10.0. The third-order valence-electron chi connectivity index (χ3n) is 7.44. The van der Waals surface area contributed by atoms with Gasteiger partial charge >= 0.3 is 0 Å². The van der Waals surface area contributed by atoms with E-state index in [1.165, 1.54) is 0 Å². The van der Waals surface area contributed by atoms with Gasteiger partial charge in [-0.15, -0.1) is 0 Å². The van der Waals surface area contributed by atoms with Crippen molar-refractivity contribution in [2.24, 2.45) is 0 Å². The van der Waals surface area contributed by atoms with E-state index in [1.807, 2.05) is 221 Å². The van der Waals surface area contributed by atoms with Crippen molar-refractivity contribution in [3.8, 4) is 0 Å². The summed E-state index contributed by atoms with van der Waals surface area (Å²) in [4.78, 5) is 34.8. The first-order valence-corrected chi connectivity index (χ1v) is 17.5. The van der Waals surface area contributed by atoms with Gasteiger partial charge < -0.3 is 0 Å². The molecule has 0 aliphatic heterocycles. The van der Waals surface area contributed by atoms with Crippen molar-refractivity contribution in [1.29, 1.82) is 0 Å². The molecule has 55 heavy (non-hydrogen) atoms. The van der Waals surface area contributed by atoms with Crippen molar-refractivity contribution >= 4 is 17.3 Å². The molecule has 0 fully saturated rings. The van der Waals surface area contributed by atoms with Crippen molar-refractivity contribution in [1.82, 2.24) is 0 Å². The fraction of sp³-hybridized carbons (Fsp3) is 0. The fourth-order valence-corrected chi connectivity index (χ4v) is 4.62. The zero-order valence-electron chi connectivity index (χ0n) is 30.3. The summed E-state index contributed by atoms with van der Waals surface area (Å²) in [5.41, 5.74) is 6.16. The molecule has 0 bridgehead atoms. The summed E-state index contributed by atoms with van der Waals surface area (Å²) in [5, 5.41) is 0. The topological polar surface area (TPSA) is 51.2 Å². The van der Waals surface area contributed by atoms with Crippen LogP contribution in [0.1, 0.15) is 33.4 Å². The zero-order chi connectivity index (χ0) is 37.9. The van der Waals surface area contributed by atoms with Crippen LogP contribution < -0.4 is 0 Å². The van der Waals surface area contributed by atoms with E-state index in [0.717, 1.165) is 33.4 Å². The summed E-state index contributed by atoms with van der Waals surface area (Å²) < 4.78 is 0. The van der Waals surface area contributed by atoms with Gasteiger partial charge in [0.15, 0.2) is 0 Å². The maximum atomic E-state index is 11.6. The van der Waals surface area contributed by atoms with Gasteiger partial charge in [0.2, 0.25) is 0 Å². The second-order valence-electron chi connectivity index (χ2n) is 11.7. The Morgan fingerprint density at radius 3 is 0.491 bits per heavy atom. The second kappa shape index (κ2) is 27.4. The van der Waals surface area contributed by atoms with E-state index in [1.54, 1.807) is 38.5 Å². The van der Waals surface area contributed by atoms with E-state index in [0.29, 0.717) is 0 Å². The maximum Gasteiger partial charge on any atom is 0.141 e. The van der Waals surface area contributed by atoms with Gasteiger partial charge in [0, 0.05) is 94.1 Å². The van der Waals surface area contributed by atoms with Gasteiger partial charge in [-0.1, -0.05) is 182 Å². The second-order valence-corrected chi connectivity index (χ2v) is 11.7. The number of benzene rings is 6. The molecule has 6 rings (SSSR count). The quantitative estimate of drug-likeness (QED) is 0.0821. The summed E-state index contributed by atoms with van der Waals surface area (Å²) in [5.74, 6) is -0.0341. The van der Waals surface area contributed by atoms with Crippen molar-refractivity contribution < 1.29 is 31.5 Å². The van der Waals surface area contributed by atoms with E-state index >= 15 is 0 Å². The molecule has 0 amide bonds. The minimum absolute atomic E-state index is 0.